The number of piperidine rings is 1. The fourth-order valence-electron chi connectivity index (χ4n) is 13.9. The molecular weight excluding hydrogens is 644 g/mol. The van der Waals surface area contributed by atoms with E-state index in [0.717, 1.165) is 30.7 Å². The Kier molecular flexibility index (Phi) is 7.53. The third kappa shape index (κ3) is 3.64. The van der Waals surface area contributed by atoms with E-state index in [1.54, 1.807) is 45.4 Å². The molecule has 5 saturated carbocycles. The van der Waals surface area contributed by atoms with E-state index in [1.165, 1.54) is 0 Å². The van der Waals surface area contributed by atoms with Gasteiger partial charge in [0.2, 0.25) is 11.8 Å². The number of ether oxygens (including phenoxy) is 7. The molecule has 7 bridgehead atoms. The molecule has 8 fully saturated rings. The van der Waals surface area contributed by atoms with Gasteiger partial charge in [0.05, 0.1) is 48.3 Å². The average Bonchev–Trinajstić information content (AvgIpc) is 3.78. The Balaban J connectivity index is 1.16. The largest absolute Gasteiger partial charge is 0.461 e. The van der Waals surface area contributed by atoms with Crippen LogP contribution in [0, 0.1) is 40.4 Å². The van der Waals surface area contributed by atoms with Crippen molar-refractivity contribution in [3.05, 3.63) is 29.8 Å². The third-order valence-corrected chi connectivity index (χ3v) is 15.1. The SMILES string of the molecule is CCN1C[C@@]2(COC(=O)c3ccccc3N3C(=O)C[C@H](C)C3=O)CC[C@H](OC)[C@@]34[C@@H]5C[C@@H]6[C@H](OC)[C@@H]5[C@]5(C[C@H]6OC)OCO[C@@]5([C@H](OC)[C@@H]23)[C@@H]14. The van der Waals surface area contributed by atoms with Gasteiger partial charge in [-0.3, -0.25) is 14.5 Å². The molecule has 50 heavy (non-hydrogen) atoms. The zero-order chi connectivity index (χ0) is 35.0. The summed E-state index contributed by atoms with van der Waals surface area (Å²) in [6.07, 6.45) is 2.77. The number of rotatable bonds is 9. The van der Waals surface area contributed by atoms with Crippen molar-refractivity contribution in [2.75, 3.05) is 59.8 Å². The first-order chi connectivity index (χ1) is 24.1. The number of anilines is 1. The van der Waals surface area contributed by atoms with Crippen LogP contribution < -0.4 is 4.90 Å². The van der Waals surface area contributed by atoms with Gasteiger partial charge in [-0.05, 0) is 43.9 Å². The highest BCUT2D eigenvalue weighted by atomic mass is 16.7. The van der Waals surface area contributed by atoms with Crippen LogP contribution in [0.5, 0.6) is 0 Å². The maximum absolute atomic E-state index is 14.2. The Morgan fingerprint density at radius 1 is 1.04 bits per heavy atom. The summed E-state index contributed by atoms with van der Waals surface area (Å²) in [5, 5.41) is 0. The number of nitrogens with zero attached hydrogens (tertiary/aromatic N) is 2. The molecule has 3 heterocycles. The molecule has 0 N–H and O–H groups in total. The molecule has 272 valence electrons. The van der Waals surface area contributed by atoms with Crippen LogP contribution >= 0.6 is 0 Å². The van der Waals surface area contributed by atoms with Crippen molar-refractivity contribution < 1.29 is 47.5 Å². The van der Waals surface area contributed by atoms with E-state index in [-0.39, 0.29) is 97.0 Å². The van der Waals surface area contributed by atoms with Crippen LogP contribution in [0.4, 0.5) is 5.69 Å². The van der Waals surface area contributed by atoms with E-state index in [1.807, 2.05) is 14.2 Å². The lowest BCUT2D eigenvalue weighted by Gasteiger charge is -2.70. The molecule has 1 aromatic carbocycles. The van der Waals surface area contributed by atoms with E-state index in [2.05, 4.69) is 11.8 Å². The molecule has 2 amide bonds. The Labute approximate surface area is 293 Å². The van der Waals surface area contributed by atoms with Crippen LogP contribution in [0.1, 0.15) is 56.3 Å². The number of esters is 1. The zero-order valence-electron chi connectivity index (χ0n) is 29.9. The third-order valence-electron chi connectivity index (χ3n) is 15.1. The predicted octanol–water partition coefficient (Wildman–Crippen LogP) is 3.05. The molecule has 3 spiro atoms. The summed E-state index contributed by atoms with van der Waals surface area (Å²) in [6, 6.07) is 6.72. The molecule has 12 heteroatoms. The van der Waals surface area contributed by atoms with Crippen molar-refractivity contribution in [1.29, 1.82) is 0 Å². The normalized spacial score (nSPS) is 48.3. The van der Waals surface area contributed by atoms with Gasteiger partial charge >= 0.3 is 5.97 Å². The van der Waals surface area contributed by atoms with Crippen LogP contribution in [0.2, 0.25) is 0 Å². The molecule has 0 radical (unpaired) electrons. The van der Waals surface area contributed by atoms with Gasteiger partial charge in [0.15, 0.2) is 0 Å². The van der Waals surface area contributed by atoms with E-state index in [0.29, 0.717) is 13.0 Å². The van der Waals surface area contributed by atoms with Crippen LogP contribution in [0.3, 0.4) is 0 Å². The number of carbonyl (C=O) groups is 3. The lowest BCUT2D eigenvalue weighted by Crippen LogP contribution is -2.81. The van der Waals surface area contributed by atoms with Gasteiger partial charge in [0, 0.05) is 82.3 Å². The number of likely N-dealkylation sites (N-methyl/N-ethyl adjacent to an activating group) is 1. The van der Waals surface area contributed by atoms with Gasteiger partial charge in [-0.15, -0.1) is 0 Å². The van der Waals surface area contributed by atoms with Crippen molar-refractivity contribution in [1.82, 2.24) is 4.90 Å². The number of carbonyl (C=O) groups excluding carboxylic acids is 3. The van der Waals surface area contributed by atoms with Gasteiger partial charge < -0.3 is 33.2 Å². The van der Waals surface area contributed by atoms with Crippen molar-refractivity contribution in [2.24, 2.45) is 40.4 Å². The van der Waals surface area contributed by atoms with Crippen LogP contribution in [-0.4, -0.2) is 119 Å². The topological polar surface area (TPSA) is 122 Å². The smallest absolute Gasteiger partial charge is 0.340 e. The molecule has 14 atom stereocenters. The van der Waals surface area contributed by atoms with Crippen LogP contribution in [-0.2, 0) is 42.7 Å². The number of benzene rings is 1. The number of fused-ring (bicyclic) bond motifs is 1. The second kappa shape index (κ2) is 11.3. The van der Waals surface area contributed by atoms with Crippen molar-refractivity contribution in [2.45, 2.75) is 87.6 Å². The number of para-hydroxylation sites is 1. The highest BCUT2D eigenvalue weighted by molar-refractivity contribution is 6.22. The summed E-state index contributed by atoms with van der Waals surface area (Å²) >= 11 is 0. The molecule has 8 aliphatic rings. The minimum absolute atomic E-state index is 0.0457. The van der Waals surface area contributed by atoms with Gasteiger partial charge in [-0.2, -0.15) is 0 Å². The maximum atomic E-state index is 14.2. The fourth-order valence-corrected chi connectivity index (χ4v) is 13.9. The quantitative estimate of drug-likeness (QED) is 0.280. The molecular formula is C38H50N2O10. The summed E-state index contributed by atoms with van der Waals surface area (Å²) in [6.45, 7) is 5.73. The molecule has 1 aromatic rings. The fraction of sp³-hybridized carbons (Fsp3) is 0.763. The standard InChI is InChI=1S/C38H50N2O10/c1-7-39-17-35(18-48-33(43)21-10-8-9-11-24(21)40-27(41)14-20(2)32(40)42)13-12-26(45-4)37-23-15-22-25(44-3)16-36(28(23)29(22)46-5)38(34(37)39,50-19-49-36)31(47-6)30(35)37/h8-11,20,22-23,25-26,28-31,34H,7,12-19H2,1-6H3/t20-,22-,23+,25+,26-,28+,29-,30-,31+,34-,35+,36-,37-,38-/m0/s1. The number of methoxy groups -OCH3 is 4. The Morgan fingerprint density at radius 2 is 1.84 bits per heavy atom. The number of hydrogen-bond donors (Lipinski definition) is 0. The second-order valence-corrected chi connectivity index (χ2v) is 16.3. The van der Waals surface area contributed by atoms with Crippen LogP contribution in [0.25, 0.3) is 0 Å². The van der Waals surface area contributed by atoms with Crippen molar-refractivity contribution in [3.63, 3.8) is 0 Å². The molecule has 12 nitrogen and oxygen atoms in total. The summed E-state index contributed by atoms with van der Waals surface area (Å²) in [7, 11) is 7.24. The highest BCUT2D eigenvalue weighted by Gasteiger charge is 2.94. The Morgan fingerprint density at radius 3 is 2.52 bits per heavy atom. The summed E-state index contributed by atoms with van der Waals surface area (Å²) in [5.41, 5.74) is -1.91. The number of likely N-dealkylation sites (tertiary alicyclic amines) is 1. The van der Waals surface area contributed by atoms with Gasteiger partial charge in [-0.25, -0.2) is 9.69 Å². The van der Waals surface area contributed by atoms with Gasteiger partial charge in [0.1, 0.15) is 18.0 Å². The Hall–Kier alpha value is -2.45. The Bertz CT molecular complexity index is 1610. The van der Waals surface area contributed by atoms with E-state index < -0.39 is 33.9 Å². The second-order valence-electron chi connectivity index (χ2n) is 16.3. The van der Waals surface area contributed by atoms with E-state index in [9.17, 15) is 14.4 Å². The van der Waals surface area contributed by atoms with Gasteiger partial charge in [-0.1, -0.05) is 26.0 Å². The number of amides is 2. The maximum Gasteiger partial charge on any atom is 0.340 e. The monoisotopic (exact) mass is 694 g/mol. The lowest BCUT2D eigenvalue weighted by molar-refractivity contribution is -0.286. The average molecular weight is 695 g/mol. The molecule has 9 rings (SSSR count). The summed E-state index contributed by atoms with van der Waals surface area (Å²) < 4.78 is 46.5. The first kappa shape index (κ1) is 33.4. The zero-order valence-corrected chi connectivity index (χ0v) is 29.9. The van der Waals surface area contributed by atoms with Crippen molar-refractivity contribution >= 4 is 23.5 Å². The minimum Gasteiger partial charge on any atom is -0.461 e. The van der Waals surface area contributed by atoms with Crippen LogP contribution in [0.15, 0.2) is 24.3 Å². The molecule has 3 saturated heterocycles. The molecule has 5 aliphatic carbocycles. The summed E-state index contributed by atoms with van der Waals surface area (Å²) in [5.74, 6) is -1.22. The molecule has 0 aromatic heterocycles. The van der Waals surface area contributed by atoms with Crippen molar-refractivity contribution in [3.8, 4) is 0 Å². The first-order valence-corrected chi connectivity index (χ1v) is 18.4. The highest BCUT2D eigenvalue weighted by Crippen LogP contribution is 2.82. The van der Waals surface area contributed by atoms with E-state index >= 15 is 0 Å². The predicted molar refractivity (Wildman–Crippen MR) is 177 cm³/mol. The lowest BCUT2D eigenvalue weighted by atomic mass is 9.42. The van der Waals surface area contributed by atoms with Gasteiger partial charge in [0.25, 0.3) is 0 Å². The molecule has 0 unspecified atom stereocenters. The first-order valence-electron chi connectivity index (χ1n) is 18.4. The summed E-state index contributed by atoms with van der Waals surface area (Å²) in [4.78, 5) is 43.8. The van der Waals surface area contributed by atoms with E-state index in [4.69, 9.17) is 33.2 Å². The molecule has 3 aliphatic heterocycles. The number of imide groups is 1. The number of hydrogen-bond acceptors (Lipinski definition) is 11. The minimum atomic E-state index is -0.820.